The minimum absolute atomic E-state index is 0.165. The highest BCUT2D eigenvalue weighted by molar-refractivity contribution is 5.74. The van der Waals surface area contributed by atoms with Gasteiger partial charge < -0.3 is 20.3 Å². The molecular formula is C16H28N4O3. The Hall–Kier alpha value is -1.63. The maximum absolute atomic E-state index is 12.1. The summed E-state index contributed by atoms with van der Waals surface area (Å²) in [5, 5.41) is 18.9. The Morgan fingerprint density at radius 1 is 1.35 bits per heavy atom. The monoisotopic (exact) mass is 324 g/mol. The fourth-order valence-corrected chi connectivity index (χ4v) is 2.69. The summed E-state index contributed by atoms with van der Waals surface area (Å²) in [4.78, 5) is 16.4. The molecule has 130 valence electrons. The molecule has 0 radical (unpaired) electrons. The lowest BCUT2D eigenvalue weighted by atomic mass is 9.87. The predicted octanol–water partition coefficient (Wildman–Crippen LogP) is 2.28. The number of nitrogens with one attached hydrogen (secondary N) is 2. The van der Waals surface area contributed by atoms with Crippen molar-refractivity contribution in [3.05, 3.63) is 11.7 Å². The number of hydrogen-bond donors (Lipinski definition) is 3. The first kappa shape index (κ1) is 17.7. The van der Waals surface area contributed by atoms with E-state index in [1.54, 1.807) is 0 Å². The van der Waals surface area contributed by atoms with E-state index in [2.05, 4.69) is 20.8 Å². The fourth-order valence-electron chi connectivity index (χ4n) is 2.69. The maximum atomic E-state index is 12.1. The van der Waals surface area contributed by atoms with Crippen molar-refractivity contribution in [3.63, 3.8) is 0 Å². The summed E-state index contributed by atoms with van der Waals surface area (Å²) in [5.41, 5.74) is -0.185. The molecule has 7 nitrogen and oxygen atoms in total. The minimum Gasteiger partial charge on any atom is -0.396 e. The van der Waals surface area contributed by atoms with Crippen molar-refractivity contribution < 1.29 is 14.4 Å². The molecule has 1 atom stereocenters. The molecule has 2 rings (SSSR count). The Morgan fingerprint density at radius 2 is 2.00 bits per heavy atom. The average Bonchev–Trinajstić information content (AvgIpc) is 2.98. The second kappa shape index (κ2) is 7.29. The van der Waals surface area contributed by atoms with Crippen LogP contribution in [0.1, 0.15) is 71.1 Å². The van der Waals surface area contributed by atoms with E-state index in [0.29, 0.717) is 17.6 Å². The number of amides is 2. The van der Waals surface area contributed by atoms with Gasteiger partial charge in [-0.25, -0.2) is 4.79 Å². The lowest BCUT2D eigenvalue weighted by molar-refractivity contribution is 0.174. The Morgan fingerprint density at radius 3 is 2.52 bits per heavy atom. The van der Waals surface area contributed by atoms with E-state index in [1.807, 2.05) is 27.7 Å². The molecule has 0 saturated heterocycles. The number of nitrogens with zero attached hydrogens (tertiary/aromatic N) is 2. The van der Waals surface area contributed by atoms with E-state index in [-0.39, 0.29) is 30.1 Å². The summed E-state index contributed by atoms with van der Waals surface area (Å²) < 4.78 is 5.24. The third-order valence-corrected chi connectivity index (χ3v) is 4.27. The van der Waals surface area contributed by atoms with Crippen LogP contribution < -0.4 is 10.6 Å². The Bertz CT molecular complexity index is 516. The molecule has 7 heteroatoms. The number of aliphatic hydroxyl groups excluding tert-OH is 1. The highest BCUT2D eigenvalue weighted by Crippen LogP contribution is 2.24. The molecule has 2 amide bonds. The molecule has 1 fully saturated rings. The number of aliphatic hydroxyl groups is 1. The van der Waals surface area contributed by atoms with Crippen molar-refractivity contribution in [2.45, 2.75) is 70.9 Å². The van der Waals surface area contributed by atoms with E-state index in [4.69, 9.17) is 9.63 Å². The average molecular weight is 324 g/mol. The molecule has 1 heterocycles. The van der Waals surface area contributed by atoms with E-state index in [9.17, 15) is 4.79 Å². The Kier molecular flexibility index (Phi) is 5.62. The maximum Gasteiger partial charge on any atom is 0.315 e. The van der Waals surface area contributed by atoms with Crippen LogP contribution in [0.25, 0.3) is 0 Å². The topological polar surface area (TPSA) is 100 Å². The quantitative estimate of drug-likeness (QED) is 0.789. The SMILES string of the molecule is CC(NC(=O)NC1CCC(CO)CC1)c1nc(C(C)(C)C)no1. The normalized spacial score (nSPS) is 23.3. The first-order chi connectivity index (χ1) is 10.8. The highest BCUT2D eigenvalue weighted by atomic mass is 16.5. The Balaban J connectivity index is 1.82. The van der Waals surface area contributed by atoms with E-state index >= 15 is 0 Å². The van der Waals surface area contributed by atoms with Crippen molar-refractivity contribution in [1.29, 1.82) is 0 Å². The third kappa shape index (κ3) is 4.92. The van der Waals surface area contributed by atoms with Gasteiger partial charge in [-0.3, -0.25) is 0 Å². The number of carbonyl (C=O) groups is 1. The number of aromatic nitrogens is 2. The van der Waals surface area contributed by atoms with Gasteiger partial charge in [-0.15, -0.1) is 0 Å². The number of hydrogen-bond acceptors (Lipinski definition) is 5. The molecule has 1 aliphatic rings. The van der Waals surface area contributed by atoms with Gasteiger partial charge in [0.2, 0.25) is 5.89 Å². The molecule has 0 aromatic carbocycles. The zero-order chi connectivity index (χ0) is 17.0. The van der Waals surface area contributed by atoms with Gasteiger partial charge in [-0.1, -0.05) is 25.9 Å². The molecule has 1 aliphatic carbocycles. The first-order valence-corrected chi connectivity index (χ1v) is 8.31. The molecule has 1 saturated carbocycles. The van der Waals surface area contributed by atoms with Crippen LogP contribution in [0, 0.1) is 5.92 Å². The van der Waals surface area contributed by atoms with Crippen LogP contribution in [0.3, 0.4) is 0 Å². The van der Waals surface area contributed by atoms with Crippen LogP contribution in [0.4, 0.5) is 4.79 Å². The second-order valence-corrected chi connectivity index (χ2v) is 7.45. The van der Waals surface area contributed by atoms with Crippen LogP contribution in [0.5, 0.6) is 0 Å². The highest BCUT2D eigenvalue weighted by Gasteiger charge is 2.25. The van der Waals surface area contributed by atoms with Crippen molar-refractivity contribution in [1.82, 2.24) is 20.8 Å². The molecule has 0 spiro atoms. The molecule has 0 bridgehead atoms. The lowest BCUT2D eigenvalue weighted by Crippen LogP contribution is -2.44. The van der Waals surface area contributed by atoms with Crippen molar-refractivity contribution in [3.8, 4) is 0 Å². The molecule has 1 aromatic heterocycles. The van der Waals surface area contributed by atoms with Crippen molar-refractivity contribution in [2.24, 2.45) is 5.92 Å². The Labute approximate surface area is 137 Å². The molecule has 0 aliphatic heterocycles. The molecule has 1 aromatic rings. The lowest BCUT2D eigenvalue weighted by Gasteiger charge is -2.28. The van der Waals surface area contributed by atoms with Gasteiger partial charge in [0, 0.05) is 18.1 Å². The van der Waals surface area contributed by atoms with Crippen molar-refractivity contribution >= 4 is 6.03 Å². The summed E-state index contributed by atoms with van der Waals surface area (Å²) in [6, 6.07) is -0.398. The van der Waals surface area contributed by atoms with Crippen molar-refractivity contribution in [2.75, 3.05) is 6.61 Å². The first-order valence-electron chi connectivity index (χ1n) is 8.31. The zero-order valence-electron chi connectivity index (χ0n) is 14.4. The summed E-state index contributed by atoms with van der Waals surface area (Å²) in [5.74, 6) is 1.42. The smallest absolute Gasteiger partial charge is 0.315 e. The number of rotatable bonds is 4. The van der Waals surface area contributed by atoms with Crippen LogP contribution >= 0.6 is 0 Å². The predicted molar refractivity (Wildman–Crippen MR) is 85.9 cm³/mol. The number of urea groups is 1. The largest absolute Gasteiger partial charge is 0.396 e. The van der Waals surface area contributed by atoms with Gasteiger partial charge >= 0.3 is 6.03 Å². The molecule has 3 N–H and O–H groups in total. The summed E-state index contributed by atoms with van der Waals surface area (Å²) >= 11 is 0. The molecular weight excluding hydrogens is 296 g/mol. The van der Waals surface area contributed by atoms with Crippen LogP contribution in [-0.4, -0.2) is 33.9 Å². The van der Waals surface area contributed by atoms with Gasteiger partial charge in [0.1, 0.15) is 6.04 Å². The van der Waals surface area contributed by atoms with Crippen LogP contribution in [0.15, 0.2) is 4.52 Å². The number of carbonyl (C=O) groups excluding carboxylic acids is 1. The summed E-state index contributed by atoms with van der Waals surface area (Å²) in [6.07, 6.45) is 3.72. The van der Waals surface area contributed by atoms with Gasteiger partial charge in [0.25, 0.3) is 0 Å². The van der Waals surface area contributed by atoms with E-state index in [1.165, 1.54) is 0 Å². The second-order valence-electron chi connectivity index (χ2n) is 7.45. The van der Waals surface area contributed by atoms with Gasteiger partial charge in [-0.2, -0.15) is 4.98 Å². The standard InChI is InChI=1S/C16H28N4O3/c1-10(13-19-14(20-23-13)16(2,3)4)17-15(22)18-12-7-5-11(9-21)6-8-12/h10-12,21H,5-9H2,1-4H3,(H2,17,18,22). The van der Waals surface area contributed by atoms with E-state index in [0.717, 1.165) is 25.7 Å². The van der Waals surface area contributed by atoms with Crippen LogP contribution in [0.2, 0.25) is 0 Å². The van der Waals surface area contributed by atoms with Gasteiger partial charge in [0.15, 0.2) is 5.82 Å². The summed E-state index contributed by atoms with van der Waals surface area (Å²) in [7, 11) is 0. The van der Waals surface area contributed by atoms with Crippen LogP contribution in [-0.2, 0) is 5.41 Å². The third-order valence-electron chi connectivity index (χ3n) is 4.27. The zero-order valence-corrected chi connectivity index (χ0v) is 14.4. The van der Waals surface area contributed by atoms with E-state index < -0.39 is 0 Å². The van der Waals surface area contributed by atoms with Gasteiger partial charge in [0.05, 0.1) is 0 Å². The fraction of sp³-hybridized carbons (Fsp3) is 0.812. The van der Waals surface area contributed by atoms with Gasteiger partial charge in [-0.05, 0) is 38.5 Å². The molecule has 1 unspecified atom stereocenters. The molecule has 23 heavy (non-hydrogen) atoms. The minimum atomic E-state index is -0.340. The summed E-state index contributed by atoms with van der Waals surface area (Å²) in [6.45, 7) is 8.09.